The minimum absolute atomic E-state index is 0.0324. The highest BCUT2D eigenvalue weighted by atomic mass is 16.5. The summed E-state index contributed by atoms with van der Waals surface area (Å²) in [5.41, 5.74) is 6.99. The van der Waals surface area contributed by atoms with Crippen LogP contribution in [0.2, 0.25) is 0 Å². The highest BCUT2D eigenvalue weighted by Gasteiger charge is 2.44. The molecule has 0 spiro atoms. The van der Waals surface area contributed by atoms with E-state index in [-0.39, 0.29) is 40.3 Å². The molecule has 3 heterocycles. The van der Waals surface area contributed by atoms with E-state index in [1.54, 1.807) is 0 Å². The van der Waals surface area contributed by atoms with Crippen molar-refractivity contribution in [1.82, 2.24) is 25.8 Å². The van der Waals surface area contributed by atoms with Gasteiger partial charge in [0.25, 0.3) is 0 Å². The maximum absolute atomic E-state index is 8.78. The third-order valence-corrected chi connectivity index (χ3v) is 8.39. The van der Waals surface area contributed by atoms with E-state index in [4.69, 9.17) is 20.9 Å². The molecular formula is C30H60N8O. The number of aliphatic imine (C=N–C) groups is 1. The first-order valence-electron chi connectivity index (χ1n) is 15.4. The average Bonchev–Trinajstić information content (AvgIpc) is 2.75. The fourth-order valence-corrected chi connectivity index (χ4v) is 7.68. The molecule has 1 atom stereocenters. The number of hydrogen-bond donors (Lipinski definition) is 5. The number of unbranched alkanes of at least 4 members (excludes halogenated alkanes) is 2. The lowest BCUT2D eigenvalue weighted by atomic mass is 9.78. The van der Waals surface area contributed by atoms with Gasteiger partial charge in [0.1, 0.15) is 0 Å². The number of nitrogens with one attached hydrogen (secondary N) is 4. The summed E-state index contributed by atoms with van der Waals surface area (Å²) < 4.78 is 5.50. The maximum atomic E-state index is 8.78. The first kappa shape index (κ1) is 32.1. The van der Waals surface area contributed by atoms with Crippen molar-refractivity contribution in [2.75, 3.05) is 26.3 Å². The number of hydrogen-bond acceptors (Lipinski definition) is 5. The van der Waals surface area contributed by atoms with E-state index < -0.39 is 0 Å². The van der Waals surface area contributed by atoms with Gasteiger partial charge in [0, 0.05) is 47.3 Å². The summed E-state index contributed by atoms with van der Waals surface area (Å²) in [6.45, 7) is 23.3. The Hall–Kier alpha value is -1.42. The van der Waals surface area contributed by atoms with Gasteiger partial charge in [-0.25, -0.2) is 0 Å². The smallest absolute Gasteiger partial charge is 0.221 e. The lowest BCUT2D eigenvalue weighted by molar-refractivity contribution is 0.0553. The second kappa shape index (κ2) is 12.6. The zero-order valence-corrected chi connectivity index (χ0v) is 26.5. The van der Waals surface area contributed by atoms with Gasteiger partial charge in [0.15, 0.2) is 0 Å². The summed E-state index contributed by atoms with van der Waals surface area (Å²) in [6.07, 6.45) is 8.61. The molecule has 0 radical (unpaired) electrons. The Morgan fingerprint density at radius 3 is 1.97 bits per heavy atom. The predicted octanol–water partition coefficient (Wildman–Crippen LogP) is 3.98. The molecule has 0 aliphatic carbocycles. The summed E-state index contributed by atoms with van der Waals surface area (Å²) in [5, 5.41) is 20.6. The Kier molecular flexibility index (Phi) is 10.4. The molecule has 3 fully saturated rings. The van der Waals surface area contributed by atoms with E-state index in [1.165, 1.54) is 12.8 Å². The van der Waals surface area contributed by atoms with E-state index in [1.807, 2.05) is 4.90 Å². The van der Waals surface area contributed by atoms with Crippen LogP contribution in [0.4, 0.5) is 0 Å². The Labute approximate surface area is 239 Å². The van der Waals surface area contributed by atoms with Crippen LogP contribution in [0.3, 0.4) is 0 Å². The number of piperidine rings is 2. The molecule has 3 aliphatic rings. The van der Waals surface area contributed by atoms with Crippen LogP contribution in [0.5, 0.6) is 0 Å². The topological polar surface area (TPSA) is 114 Å². The van der Waals surface area contributed by atoms with Gasteiger partial charge in [-0.3, -0.25) is 10.7 Å². The summed E-state index contributed by atoms with van der Waals surface area (Å²) in [6, 6.07) is 0.568. The maximum Gasteiger partial charge on any atom is 0.221 e. The Balaban J connectivity index is 1.97. The minimum Gasteiger partial charge on any atom is -0.378 e. The number of rotatable bonds is 8. The van der Waals surface area contributed by atoms with E-state index in [0.717, 1.165) is 38.5 Å². The number of nitrogens with zero attached hydrogens (tertiary/aromatic N) is 3. The van der Waals surface area contributed by atoms with Crippen molar-refractivity contribution in [2.45, 2.75) is 154 Å². The van der Waals surface area contributed by atoms with Crippen LogP contribution in [0, 0.1) is 5.41 Å². The van der Waals surface area contributed by atoms with Crippen molar-refractivity contribution < 1.29 is 4.74 Å². The first-order valence-corrected chi connectivity index (χ1v) is 15.4. The van der Waals surface area contributed by atoms with Gasteiger partial charge in [-0.2, -0.15) is 4.99 Å². The van der Waals surface area contributed by atoms with Crippen molar-refractivity contribution in [3.63, 3.8) is 0 Å². The van der Waals surface area contributed by atoms with E-state index in [0.29, 0.717) is 38.3 Å². The van der Waals surface area contributed by atoms with Crippen LogP contribution < -0.4 is 21.7 Å². The molecule has 0 aromatic rings. The van der Waals surface area contributed by atoms with Gasteiger partial charge in [0.2, 0.25) is 11.9 Å². The van der Waals surface area contributed by atoms with E-state index >= 15 is 0 Å². The lowest BCUT2D eigenvalue weighted by Gasteiger charge is -2.53. The van der Waals surface area contributed by atoms with Crippen LogP contribution in [-0.4, -0.2) is 88.4 Å². The Bertz CT molecular complexity index is 814. The van der Waals surface area contributed by atoms with Gasteiger partial charge in [-0.05, 0) is 87.5 Å². The summed E-state index contributed by atoms with van der Waals surface area (Å²) in [5.74, 6) is 0.705. The van der Waals surface area contributed by atoms with Crippen molar-refractivity contribution >= 4 is 11.9 Å². The first-order chi connectivity index (χ1) is 18.0. The number of nitrogens with two attached hydrogens (primary N) is 1. The number of morpholine rings is 1. The molecule has 0 bridgehead atoms. The second-order valence-corrected chi connectivity index (χ2v) is 14.9. The molecule has 9 nitrogen and oxygen atoms in total. The monoisotopic (exact) mass is 548 g/mol. The molecule has 226 valence electrons. The van der Waals surface area contributed by atoms with Crippen molar-refractivity contribution in [2.24, 2.45) is 10.7 Å². The standard InChI is InChI=1S/C30H60N8O/c1-10-11-12-13-24(33-22-18-27(2,3)35-28(4,5)19-22)38(23-20-29(6,7)36-30(8,9)21-23)26(32)34-25(31)37-14-16-39-17-15-37/h22-24,33,35-36H,10-21H2,1-9H3,(H3,31,32,34). The number of ether oxygens (including phenoxy) is 1. The molecule has 9 heteroatoms. The van der Waals surface area contributed by atoms with Crippen molar-refractivity contribution in [3.05, 3.63) is 0 Å². The molecule has 0 saturated carbocycles. The molecule has 0 aromatic carbocycles. The fraction of sp³-hybridized carbons (Fsp3) is 0.933. The highest BCUT2D eigenvalue weighted by molar-refractivity contribution is 5.93. The van der Waals surface area contributed by atoms with Crippen LogP contribution in [-0.2, 0) is 4.74 Å². The van der Waals surface area contributed by atoms with E-state index in [9.17, 15) is 0 Å². The Morgan fingerprint density at radius 2 is 1.46 bits per heavy atom. The fourth-order valence-electron chi connectivity index (χ4n) is 7.68. The van der Waals surface area contributed by atoms with Crippen LogP contribution >= 0.6 is 0 Å². The summed E-state index contributed by atoms with van der Waals surface area (Å²) >= 11 is 0. The zero-order valence-electron chi connectivity index (χ0n) is 26.5. The number of guanidine groups is 2. The molecular weight excluding hydrogens is 488 g/mol. The SMILES string of the molecule is CCCCCC(NC1CC(C)(C)NC(C)(C)C1)N(C(N)=NC(=N)N1CCOCC1)C1CC(C)(C)NC(C)(C)C1. The third-order valence-electron chi connectivity index (χ3n) is 8.39. The molecule has 39 heavy (non-hydrogen) atoms. The van der Waals surface area contributed by atoms with Gasteiger partial charge in [-0.1, -0.05) is 26.2 Å². The lowest BCUT2D eigenvalue weighted by Crippen LogP contribution is -2.68. The van der Waals surface area contributed by atoms with Gasteiger partial charge in [-0.15, -0.1) is 0 Å². The minimum atomic E-state index is -0.0324. The van der Waals surface area contributed by atoms with Crippen LogP contribution in [0.1, 0.15) is 114 Å². The largest absolute Gasteiger partial charge is 0.378 e. The molecule has 0 amide bonds. The molecule has 0 aromatic heterocycles. The van der Waals surface area contributed by atoms with Gasteiger partial charge >= 0.3 is 0 Å². The Morgan fingerprint density at radius 1 is 0.949 bits per heavy atom. The quantitative estimate of drug-likeness (QED) is 0.135. The highest BCUT2D eigenvalue weighted by Crippen LogP contribution is 2.34. The zero-order chi connectivity index (χ0) is 29.1. The van der Waals surface area contributed by atoms with Crippen molar-refractivity contribution in [3.8, 4) is 0 Å². The summed E-state index contributed by atoms with van der Waals surface area (Å²) in [4.78, 5) is 9.12. The van der Waals surface area contributed by atoms with Crippen LogP contribution in [0.15, 0.2) is 4.99 Å². The van der Waals surface area contributed by atoms with Gasteiger partial charge < -0.3 is 30.9 Å². The molecule has 3 saturated heterocycles. The second-order valence-electron chi connectivity index (χ2n) is 14.9. The van der Waals surface area contributed by atoms with E-state index in [2.05, 4.69) is 83.2 Å². The molecule has 1 unspecified atom stereocenters. The normalized spacial score (nSPS) is 26.3. The molecule has 3 rings (SSSR count). The van der Waals surface area contributed by atoms with Crippen molar-refractivity contribution in [1.29, 1.82) is 5.41 Å². The average molecular weight is 549 g/mol. The summed E-state index contributed by atoms with van der Waals surface area (Å²) in [7, 11) is 0. The molecule has 6 N–H and O–H groups in total. The van der Waals surface area contributed by atoms with Crippen LogP contribution in [0.25, 0.3) is 0 Å². The molecule has 3 aliphatic heterocycles. The predicted molar refractivity (Wildman–Crippen MR) is 163 cm³/mol. The van der Waals surface area contributed by atoms with Gasteiger partial charge in [0.05, 0.1) is 19.4 Å². The third kappa shape index (κ3) is 9.58.